The van der Waals surface area contributed by atoms with Crippen LogP contribution in [-0.2, 0) is 6.54 Å². The number of halogens is 1. The van der Waals surface area contributed by atoms with Crippen molar-refractivity contribution < 1.29 is 9.66 Å². The quantitative estimate of drug-likeness (QED) is 0.618. The molecule has 0 radical (unpaired) electrons. The lowest BCUT2D eigenvalue weighted by Crippen LogP contribution is -2.05. The van der Waals surface area contributed by atoms with Crippen molar-refractivity contribution in [2.75, 3.05) is 0 Å². The maximum absolute atomic E-state index is 10.6. The van der Waals surface area contributed by atoms with Crippen LogP contribution in [0.3, 0.4) is 0 Å². The van der Waals surface area contributed by atoms with Gasteiger partial charge < -0.3 is 14.9 Å². The molecule has 0 amide bonds. The molecule has 6 nitrogen and oxygen atoms in total. The predicted octanol–water partition coefficient (Wildman–Crippen LogP) is 2.58. The summed E-state index contributed by atoms with van der Waals surface area (Å²) >= 11 is 5.81. The van der Waals surface area contributed by atoms with Crippen LogP contribution in [0.4, 0.5) is 5.82 Å². The second kappa shape index (κ2) is 3.99. The van der Waals surface area contributed by atoms with E-state index in [1.54, 1.807) is 16.7 Å². The number of aromatic nitrogens is 2. The molecule has 92 valence electrons. The molecule has 1 aliphatic heterocycles. The summed E-state index contributed by atoms with van der Waals surface area (Å²) in [6.45, 7) is 0.512. The van der Waals surface area contributed by atoms with Gasteiger partial charge in [-0.25, -0.2) is 0 Å². The molecule has 1 aliphatic rings. The number of ether oxygens (including phenoxy) is 1. The summed E-state index contributed by atoms with van der Waals surface area (Å²) in [7, 11) is 0. The Morgan fingerprint density at radius 3 is 2.78 bits per heavy atom. The highest BCUT2D eigenvalue weighted by Gasteiger charge is 2.31. The van der Waals surface area contributed by atoms with Crippen molar-refractivity contribution in [3.05, 3.63) is 51.2 Å². The second-order valence-corrected chi connectivity index (χ2v) is 4.39. The molecule has 1 aromatic heterocycles. The Labute approximate surface area is 107 Å². The Hall–Kier alpha value is -2.08. The van der Waals surface area contributed by atoms with Crippen LogP contribution >= 0.6 is 11.6 Å². The number of imidazole rings is 1. The molecule has 2 aromatic rings. The van der Waals surface area contributed by atoms with E-state index in [4.69, 9.17) is 16.3 Å². The fourth-order valence-electron chi connectivity index (χ4n) is 1.89. The largest absolute Gasteiger partial charge is 0.436 e. The van der Waals surface area contributed by atoms with Crippen molar-refractivity contribution in [2.45, 2.75) is 12.6 Å². The summed E-state index contributed by atoms with van der Waals surface area (Å²) in [4.78, 5) is 13.8. The molecule has 1 unspecified atom stereocenters. The van der Waals surface area contributed by atoms with Gasteiger partial charge in [-0.2, -0.15) is 0 Å². The summed E-state index contributed by atoms with van der Waals surface area (Å²) in [5.41, 5.74) is 0.965. The highest BCUT2D eigenvalue weighted by Crippen LogP contribution is 2.32. The fraction of sp³-hybridized carbons (Fsp3) is 0.182. The van der Waals surface area contributed by atoms with Crippen LogP contribution in [-0.4, -0.2) is 14.5 Å². The number of rotatable bonds is 2. The van der Waals surface area contributed by atoms with E-state index >= 15 is 0 Å². The van der Waals surface area contributed by atoms with Crippen LogP contribution in [0.5, 0.6) is 6.01 Å². The monoisotopic (exact) mass is 265 g/mol. The van der Waals surface area contributed by atoms with E-state index in [9.17, 15) is 10.1 Å². The Balaban J connectivity index is 1.83. The first-order valence-electron chi connectivity index (χ1n) is 5.27. The van der Waals surface area contributed by atoms with Crippen LogP contribution in [0.2, 0.25) is 5.02 Å². The first-order chi connectivity index (χ1) is 8.63. The van der Waals surface area contributed by atoms with Gasteiger partial charge in [-0.1, -0.05) is 23.7 Å². The molecular weight excluding hydrogens is 258 g/mol. The zero-order valence-corrected chi connectivity index (χ0v) is 9.87. The van der Waals surface area contributed by atoms with Gasteiger partial charge in [0.05, 0.1) is 6.54 Å². The van der Waals surface area contributed by atoms with Gasteiger partial charge in [0.2, 0.25) is 0 Å². The molecule has 0 N–H and O–H groups in total. The molecule has 0 fully saturated rings. The first kappa shape index (κ1) is 11.0. The predicted molar refractivity (Wildman–Crippen MR) is 63.7 cm³/mol. The van der Waals surface area contributed by atoms with E-state index in [1.165, 1.54) is 6.20 Å². The van der Waals surface area contributed by atoms with E-state index in [0.717, 1.165) is 5.56 Å². The highest BCUT2D eigenvalue weighted by atomic mass is 35.5. The number of nitro groups is 1. The minimum absolute atomic E-state index is 0.175. The highest BCUT2D eigenvalue weighted by molar-refractivity contribution is 6.30. The van der Waals surface area contributed by atoms with Gasteiger partial charge in [0.15, 0.2) is 0 Å². The zero-order valence-electron chi connectivity index (χ0n) is 9.12. The number of nitrogens with zero attached hydrogens (tertiary/aromatic N) is 3. The third-order valence-electron chi connectivity index (χ3n) is 2.77. The summed E-state index contributed by atoms with van der Waals surface area (Å²) in [5, 5.41) is 11.2. The normalized spacial score (nSPS) is 17.3. The molecule has 0 spiro atoms. The third kappa shape index (κ3) is 1.80. The maximum Gasteiger partial charge on any atom is 0.415 e. The van der Waals surface area contributed by atoms with Gasteiger partial charge in [0.1, 0.15) is 12.3 Å². The lowest BCUT2D eigenvalue weighted by molar-refractivity contribution is -0.389. The summed E-state index contributed by atoms with van der Waals surface area (Å²) < 4.78 is 7.20. The Kier molecular flexibility index (Phi) is 2.45. The van der Waals surface area contributed by atoms with Gasteiger partial charge in [-0.05, 0) is 22.6 Å². The standard InChI is InChI=1S/C11H8ClN3O3/c12-8-3-1-7(2-4-8)9-5-14-6-10(15(16)17)13-11(14)18-9/h1-4,6,9H,5H2. The molecule has 1 atom stereocenters. The van der Waals surface area contributed by atoms with Crippen molar-refractivity contribution >= 4 is 17.4 Å². The molecule has 2 heterocycles. The summed E-state index contributed by atoms with van der Waals surface area (Å²) in [6, 6.07) is 7.58. The smallest absolute Gasteiger partial charge is 0.415 e. The minimum atomic E-state index is -0.536. The lowest BCUT2D eigenvalue weighted by Gasteiger charge is -2.08. The van der Waals surface area contributed by atoms with Crippen LogP contribution < -0.4 is 4.74 Å². The molecular formula is C11H8ClN3O3. The topological polar surface area (TPSA) is 70.2 Å². The van der Waals surface area contributed by atoms with E-state index in [2.05, 4.69) is 4.98 Å². The fourth-order valence-corrected chi connectivity index (χ4v) is 2.02. The van der Waals surface area contributed by atoms with Gasteiger partial charge in [-0.3, -0.25) is 4.57 Å². The third-order valence-corrected chi connectivity index (χ3v) is 3.02. The number of hydrogen-bond donors (Lipinski definition) is 0. The molecule has 7 heteroatoms. The van der Waals surface area contributed by atoms with Gasteiger partial charge >= 0.3 is 11.8 Å². The van der Waals surface area contributed by atoms with Crippen molar-refractivity contribution in [3.8, 4) is 6.01 Å². The molecule has 0 aliphatic carbocycles. The van der Waals surface area contributed by atoms with E-state index in [0.29, 0.717) is 11.6 Å². The van der Waals surface area contributed by atoms with Crippen LogP contribution in [0.25, 0.3) is 0 Å². The van der Waals surface area contributed by atoms with Crippen LogP contribution in [0, 0.1) is 10.1 Å². The number of benzene rings is 1. The second-order valence-electron chi connectivity index (χ2n) is 3.95. The average Bonchev–Trinajstić information content (AvgIpc) is 2.87. The number of hydrogen-bond acceptors (Lipinski definition) is 4. The van der Waals surface area contributed by atoms with Crippen molar-refractivity contribution in [1.82, 2.24) is 9.55 Å². The van der Waals surface area contributed by atoms with Crippen molar-refractivity contribution in [3.63, 3.8) is 0 Å². The molecule has 0 saturated carbocycles. The lowest BCUT2D eigenvalue weighted by atomic mass is 10.1. The van der Waals surface area contributed by atoms with Gasteiger partial charge in [0.25, 0.3) is 0 Å². The number of fused-ring (bicyclic) bond motifs is 1. The van der Waals surface area contributed by atoms with Crippen LogP contribution in [0.1, 0.15) is 11.7 Å². The maximum atomic E-state index is 10.6. The first-order valence-corrected chi connectivity index (χ1v) is 5.65. The summed E-state index contributed by atoms with van der Waals surface area (Å²) in [5.74, 6) is -0.195. The SMILES string of the molecule is O=[N+]([O-])c1cn2c(n1)OC(c1ccc(Cl)cc1)C2. The average molecular weight is 266 g/mol. The van der Waals surface area contributed by atoms with E-state index < -0.39 is 4.92 Å². The summed E-state index contributed by atoms with van der Waals surface area (Å²) in [6.07, 6.45) is 1.20. The minimum Gasteiger partial charge on any atom is -0.436 e. The Morgan fingerprint density at radius 1 is 1.44 bits per heavy atom. The Morgan fingerprint density at radius 2 is 2.17 bits per heavy atom. The van der Waals surface area contributed by atoms with Gasteiger partial charge in [-0.15, -0.1) is 0 Å². The van der Waals surface area contributed by atoms with Crippen molar-refractivity contribution in [2.24, 2.45) is 0 Å². The van der Waals surface area contributed by atoms with E-state index in [1.807, 2.05) is 12.1 Å². The Bertz CT molecular complexity index is 585. The zero-order chi connectivity index (χ0) is 12.7. The van der Waals surface area contributed by atoms with E-state index in [-0.39, 0.29) is 17.9 Å². The molecule has 0 bridgehead atoms. The van der Waals surface area contributed by atoms with Crippen LogP contribution in [0.15, 0.2) is 30.5 Å². The molecule has 0 saturated heterocycles. The molecule has 3 rings (SSSR count). The molecule has 1 aromatic carbocycles. The van der Waals surface area contributed by atoms with Gasteiger partial charge in [0, 0.05) is 10.0 Å². The van der Waals surface area contributed by atoms with Crippen molar-refractivity contribution in [1.29, 1.82) is 0 Å². The molecule has 18 heavy (non-hydrogen) atoms.